The third kappa shape index (κ3) is 3.29. The molecule has 1 fully saturated rings. The topological polar surface area (TPSA) is 78.4 Å². The molecule has 1 amide bonds. The molecular weight excluding hydrogens is 251 g/mol. The Morgan fingerprint density at radius 2 is 2.21 bits per heavy atom. The normalized spacial score (nSPS) is 18.9. The van der Waals surface area contributed by atoms with Gasteiger partial charge in [0.05, 0.1) is 17.2 Å². The second-order valence-corrected chi connectivity index (χ2v) is 4.53. The molecule has 0 unspecified atom stereocenters. The van der Waals surface area contributed by atoms with Crippen molar-refractivity contribution in [3.63, 3.8) is 0 Å². The molecule has 1 heterocycles. The highest BCUT2D eigenvalue weighted by atomic mass is 19.1. The van der Waals surface area contributed by atoms with E-state index in [0.717, 1.165) is 25.5 Å². The summed E-state index contributed by atoms with van der Waals surface area (Å²) in [6.45, 7) is 1.48. The second-order valence-electron chi connectivity index (χ2n) is 4.53. The Bertz CT molecular complexity index is 499. The number of anilines is 1. The van der Waals surface area contributed by atoms with Crippen LogP contribution in [0.1, 0.15) is 23.2 Å². The van der Waals surface area contributed by atoms with Crippen LogP contribution in [-0.4, -0.2) is 30.1 Å². The first kappa shape index (κ1) is 13.5. The zero-order chi connectivity index (χ0) is 13.8. The number of nitrogens with one attached hydrogen (secondary N) is 2. The van der Waals surface area contributed by atoms with Crippen molar-refractivity contribution >= 4 is 17.6 Å². The van der Waals surface area contributed by atoms with E-state index in [1.165, 1.54) is 12.1 Å². The van der Waals surface area contributed by atoms with Crippen molar-refractivity contribution in [2.45, 2.75) is 12.8 Å². The van der Waals surface area contributed by atoms with Crippen LogP contribution in [0.4, 0.5) is 10.1 Å². The summed E-state index contributed by atoms with van der Waals surface area (Å²) in [6.07, 6.45) is 1.69. The van der Waals surface area contributed by atoms with Crippen molar-refractivity contribution in [3.05, 3.63) is 29.6 Å². The molecule has 1 aromatic rings. The molecule has 1 aliphatic heterocycles. The Morgan fingerprint density at radius 3 is 2.79 bits per heavy atom. The summed E-state index contributed by atoms with van der Waals surface area (Å²) in [5.41, 5.74) is -0.129. The molecule has 1 aromatic carbocycles. The molecule has 1 atom stereocenters. The predicted molar refractivity (Wildman–Crippen MR) is 67.6 cm³/mol. The molecule has 102 valence electrons. The van der Waals surface area contributed by atoms with E-state index in [9.17, 15) is 14.0 Å². The molecule has 1 saturated heterocycles. The highest BCUT2D eigenvalue weighted by Crippen LogP contribution is 2.18. The van der Waals surface area contributed by atoms with Crippen LogP contribution in [0, 0.1) is 11.7 Å². The van der Waals surface area contributed by atoms with Gasteiger partial charge in [-0.15, -0.1) is 0 Å². The van der Waals surface area contributed by atoms with Crippen LogP contribution in [0.15, 0.2) is 18.2 Å². The lowest BCUT2D eigenvalue weighted by Crippen LogP contribution is -2.37. The van der Waals surface area contributed by atoms with Gasteiger partial charge in [0.2, 0.25) is 5.91 Å². The molecule has 0 bridgehead atoms. The van der Waals surface area contributed by atoms with Gasteiger partial charge >= 0.3 is 5.97 Å². The molecule has 19 heavy (non-hydrogen) atoms. The number of aromatic carboxylic acids is 1. The minimum atomic E-state index is -1.20. The molecule has 0 spiro atoms. The summed E-state index contributed by atoms with van der Waals surface area (Å²) in [7, 11) is 0. The first-order chi connectivity index (χ1) is 9.08. The van der Waals surface area contributed by atoms with E-state index in [4.69, 9.17) is 5.11 Å². The van der Waals surface area contributed by atoms with Gasteiger partial charge in [0.25, 0.3) is 0 Å². The number of carboxylic acid groups (broad SMARTS) is 1. The number of rotatable bonds is 3. The summed E-state index contributed by atoms with van der Waals surface area (Å²) in [6, 6.07) is 3.43. The van der Waals surface area contributed by atoms with E-state index in [1.54, 1.807) is 0 Å². The zero-order valence-corrected chi connectivity index (χ0v) is 10.3. The van der Waals surface area contributed by atoms with E-state index < -0.39 is 11.8 Å². The maximum atomic E-state index is 13.6. The first-order valence-electron chi connectivity index (χ1n) is 6.12. The third-order valence-electron chi connectivity index (χ3n) is 3.14. The van der Waals surface area contributed by atoms with E-state index in [2.05, 4.69) is 10.6 Å². The molecule has 1 aliphatic rings. The Labute approximate surface area is 109 Å². The average molecular weight is 266 g/mol. The smallest absolute Gasteiger partial charge is 0.335 e. The van der Waals surface area contributed by atoms with E-state index in [1.807, 2.05) is 0 Å². The Hall–Kier alpha value is -1.95. The second kappa shape index (κ2) is 5.79. The van der Waals surface area contributed by atoms with Crippen LogP contribution in [0.3, 0.4) is 0 Å². The third-order valence-corrected chi connectivity index (χ3v) is 3.14. The van der Waals surface area contributed by atoms with Crippen LogP contribution >= 0.6 is 0 Å². The zero-order valence-electron chi connectivity index (χ0n) is 10.3. The van der Waals surface area contributed by atoms with Crippen LogP contribution in [-0.2, 0) is 4.79 Å². The fourth-order valence-corrected chi connectivity index (χ4v) is 2.06. The van der Waals surface area contributed by atoms with E-state index >= 15 is 0 Å². The minimum absolute atomic E-state index is 0.0144. The molecule has 6 heteroatoms. The molecule has 5 nitrogen and oxygen atoms in total. The number of carbonyl (C=O) groups is 2. The van der Waals surface area contributed by atoms with Crippen molar-refractivity contribution in [2.24, 2.45) is 5.92 Å². The predicted octanol–water partition coefficient (Wildman–Crippen LogP) is 1.46. The molecule has 0 saturated carbocycles. The summed E-state index contributed by atoms with van der Waals surface area (Å²) >= 11 is 0. The highest BCUT2D eigenvalue weighted by molar-refractivity contribution is 5.94. The van der Waals surface area contributed by atoms with Crippen molar-refractivity contribution in [2.75, 3.05) is 18.4 Å². The molecule has 0 radical (unpaired) electrons. The number of amides is 1. The van der Waals surface area contributed by atoms with Gasteiger partial charge < -0.3 is 15.7 Å². The van der Waals surface area contributed by atoms with Gasteiger partial charge in [-0.1, -0.05) is 0 Å². The summed E-state index contributed by atoms with van der Waals surface area (Å²) in [5.74, 6) is -2.35. The number of halogens is 1. The molecule has 0 aliphatic carbocycles. The maximum absolute atomic E-state index is 13.6. The van der Waals surface area contributed by atoms with Gasteiger partial charge in [-0.25, -0.2) is 9.18 Å². The molecular formula is C13H15FN2O3. The number of benzene rings is 1. The molecule has 2 rings (SSSR count). The summed E-state index contributed by atoms with van der Waals surface area (Å²) in [4.78, 5) is 22.6. The van der Waals surface area contributed by atoms with Gasteiger partial charge in [0, 0.05) is 6.54 Å². The molecule has 0 aromatic heterocycles. The van der Waals surface area contributed by atoms with Crippen molar-refractivity contribution in [3.8, 4) is 0 Å². The van der Waals surface area contributed by atoms with Gasteiger partial charge in [-0.2, -0.15) is 0 Å². The van der Waals surface area contributed by atoms with Crippen LogP contribution in [0.25, 0.3) is 0 Å². The average Bonchev–Trinajstić information content (AvgIpc) is 2.41. The van der Waals surface area contributed by atoms with Crippen LogP contribution in [0.2, 0.25) is 0 Å². The van der Waals surface area contributed by atoms with Crippen molar-refractivity contribution in [1.29, 1.82) is 0 Å². The Kier molecular flexibility index (Phi) is 4.11. The first-order valence-corrected chi connectivity index (χ1v) is 6.12. The standard InChI is InChI=1S/C13H15FN2O3/c14-10-6-8(13(18)19)3-4-11(10)16-12(17)9-2-1-5-15-7-9/h3-4,6,9,15H,1-2,5,7H2,(H,16,17)(H,18,19)/t9-/m0/s1. The highest BCUT2D eigenvalue weighted by Gasteiger charge is 2.21. The number of carboxylic acids is 1. The number of hydrogen-bond acceptors (Lipinski definition) is 3. The number of hydrogen-bond donors (Lipinski definition) is 3. The minimum Gasteiger partial charge on any atom is -0.478 e. The van der Waals surface area contributed by atoms with Crippen LogP contribution < -0.4 is 10.6 Å². The lowest BCUT2D eigenvalue weighted by Gasteiger charge is -2.22. The quantitative estimate of drug-likeness (QED) is 0.774. The molecule has 3 N–H and O–H groups in total. The largest absolute Gasteiger partial charge is 0.478 e. The van der Waals surface area contributed by atoms with Gasteiger partial charge in [0.15, 0.2) is 0 Å². The fourth-order valence-electron chi connectivity index (χ4n) is 2.06. The van der Waals surface area contributed by atoms with Gasteiger partial charge in [0.1, 0.15) is 5.82 Å². The summed E-state index contributed by atoms with van der Waals surface area (Å²) in [5, 5.41) is 14.3. The van der Waals surface area contributed by atoms with Crippen molar-refractivity contribution < 1.29 is 19.1 Å². The number of carbonyl (C=O) groups excluding carboxylic acids is 1. The van der Waals surface area contributed by atoms with Gasteiger partial charge in [-0.05, 0) is 37.6 Å². The maximum Gasteiger partial charge on any atom is 0.335 e. The van der Waals surface area contributed by atoms with Crippen molar-refractivity contribution in [1.82, 2.24) is 5.32 Å². The van der Waals surface area contributed by atoms with E-state index in [-0.39, 0.29) is 23.1 Å². The monoisotopic (exact) mass is 266 g/mol. The Balaban J connectivity index is 2.06. The van der Waals surface area contributed by atoms with Crippen LogP contribution in [0.5, 0.6) is 0 Å². The van der Waals surface area contributed by atoms with E-state index in [0.29, 0.717) is 6.54 Å². The SMILES string of the molecule is O=C(O)c1ccc(NC(=O)[C@H]2CCCNC2)c(F)c1. The number of piperidine rings is 1. The fraction of sp³-hybridized carbons (Fsp3) is 0.385. The lowest BCUT2D eigenvalue weighted by atomic mass is 9.99. The lowest BCUT2D eigenvalue weighted by molar-refractivity contribution is -0.120. The Morgan fingerprint density at radius 1 is 1.42 bits per heavy atom. The summed E-state index contributed by atoms with van der Waals surface area (Å²) < 4.78 is 13.6. The van der Waals surface area contributed by atoms with Gasteiger partial charge in [-0.3, -0.25) is 4.79 Å².